The molecule has 1 heterocycles. The van der Waals surface area contributed by atoms with Gasteiger partial charge in [-0.1, -0.05) is 32.9 Å². The molecule has 0 radical (unpaired) electrons. The third-order valence-electron chi connectivity index (χ3n) is 3.19. The lowest BCUT2D eigenvalue weighted by molar-refractivity contribution is 0.313. The lowest BCUT2D eigenvalue weighted by atomic mass is 10.1. The summed E-state index contributed by atoms with van der Waals surface area (Å²) in [6, 6.07) is 8.93. The lowest BCUT2D eigenvalue weighted by Gasteiger charge is -2.34. The number of piperazine rings is 1. The number of rotatable bonds is 2. The van der Waals surface area contributed by atoms with Gasteiger partial charge < -0.3 is 9.80 Å². The molecule has 1 saturated heterocycles. The summed E-state index contributed by atoms with van der Waals surface area (Å²) in [6.45, 7) is 10.9. The Balaban J connectivity index is 0.000000686. The minimum absolute atomic E-state index is 1.13. The molecule has 0 atom stereocenters. The van der Waals surface area contributed by atoms with Crippen LogP contribution in [0, 0.1) is 0 Å². The van der Waals surface area contributed by atoms with E-state index in [0.717, 1.165) is 19.5 Å². The van der Waals surface area contributed by atoms with E-state index in [2.05, 4.69) is 48.0 Å². The molecule has 1 aromatic rings. The van der Waals surface area contributed by atoms with Gasteiger partial charge in [0.25, 0.3) is 0 Å². The molecule has 0 saturated carbocycles. The first-order valence-electron chi connectivity index (χ1n) is 6.82. The van der Waals surface area contributed by atoms with Gasteiger partial charge in [-0.25, -0.2) is 0 Å². The summed E-state index contributed by atoms with van der Waals surface area (Å²) in [7, 11) is 2.19. The number of anilines is 1. The van der Waals surface area contributed by atoms with Gasteiger partial charge in [-0.3, -0.25) is 0 Å². The second-order valence-electron chi connectivity index (χ2n) is 4.31. The number of hydrogen-bond acceptors (Lipinski definition) is 2. The highest BCUT2D eigenvalue weighted by molar-refractivity contribution is 5.49. The van der Waals surface area contributed by atoms with Crippen molar-refractivity contribution in [3.8, 4) is 0 Å². The van der Waals surface area contributed by atoms with E-state index < -0.39 is 0 Å². The van der Waals surface area contributed by atoms with Gasteiger partial charge in [-0.15, -0.1) is 0 Å². The third-order valence-corrected chi connectivity index (χ3v) is 3.19. The van der Waals surface area contributed by atoms with Crippen molar-refractivity contribution in [1.29, 1.82) is 0 Å². The van der Waals surface area contributed by atoms with E-state index in [1.807, 2.05) is 13.8 Å². The van der Waals surface area contributed by atoms with E-state index >= 15 is 0 Å². The molecule has 0 aliphatic carbocycles. The standard InChI is InChI=1S/C13H20N2.C2H6/c1-3-12-5-4-6-13(11-12)15-9-7-14(2)8-10-15;1-2/h4-6,11H,3,7-10H2,1-2H3;1-2H3. The molecule has 2 heteroatoms. The molecule has 96 valence electrons. The first-order valence-corrected chi connectivity index (χ1v) is 6.82. The van der Waals surface area contributed by atoms with Gasteiger partial charge in [0, 0.05) is 31.9 Å². The monoisotopic (exact) mass is 234 g/mol. The van der Waals surface area contributed by atoms with Crippen LogP contribution in [0.2, 0.25) is 0 Å². The molecule has 1 aliphatic heterocycles. The van der Waals surface area contributed by atoms with Crippen LogP contribution in [0.1, 0.15) is 26.3 Å². The van der Waals surface area contributed by atoms with Gasteiger partial charge in [0.1, 0.15) is 0 Å². The minimum Gasteiger partial charge on any atom is -0.369 e. The van der Waals surface area contributed by atoms with Crippen LogP contribution < -0.4 is 4.90 Å². The van der Waals surface area contributed by atoms with Crippen molar-refractivity contribution in [2.24, 2.45) is 0 Å². The van der Waals surface area contributed by atoms with E-state index in [-0.39, 0.29) is 0 Å². The quantitative estimate of drug-likeness (QED) is 0.776. The fourth-order valence-electron chi connectivity index (χ4n) is 2.04. The predicted molar refractivity (Wildman–Crippen MR) is 76.9 cm³/mol. The van der Waals surface area contributed by atoms with E-state index in [1.54, 1.807) is 0 Å². The molecule has 0 aromatic heterocycles. The van der Waals surface area contributed by atoms with Crippen molar-refractivity contribution in [2.75, 3.05) is 38.1 Å². The van der Waals surface area contributed by atoms with Crippen LogP contribution in [-0.2, 0) is 6.42 Å². The zero-order valence-corrected chi connectivity index (χ0v) is 11.7. The molecule has 0 N–H and O–H groups in total. The SMILES string of the molecule is CC.CCc1cccc(N2CCN(C)CC2)c1. The molecule has 2 nitrogen and oxygen atoms in total. The largest absolute Gasteiger partial charge is 0.369 e. The Morgan fingerprint density at radius 1 is 1.06 bits per heavy atom. The summed E-state index contributed by atoms with van der Waals surface area (Å²) in [5.41, 5.74) is 2.83. The van der Waals surface area contributed by atoms with Crippen LogP contribution in [0.4, 0.5) is 5.69 Å². The summed E-state index contributed by atoms with van der Waals surface area (Å²) in [6.07, 6.45) is 1.13. The molecular formula is C15H26N2. The Bertz CT molecular complexity index is 314. The molecule has 1 aliphatic rings. The Morgan fingerprint density at radius 3 is 2.29 bits per heavy atom. The molecule has 0 spiro atoms. The zero-order chi connectivity index (χ0) is 12.7. The molecule has 0 bridgehead atoms. The van der Waals surface area contributed by atoms with Gasteiger partial charge in [0.2, 0.25) is 0 Å². The summed E-state index contributed by atoms with van der Waals surface area (Å²) in [4.78, 5) is 4.87. The highest BCUT2D eigenvalue weighted by atomic mass is 15.2. The number of hydrogen-bond donors (Lipinski definition) is 0. The van der Waals surface area contributed by atoms with Crippen LogP contribution in [0.5, 0.6) is 0 Å². The predicted octanol–water partition coefficient (Wildman–Crippen LogP) is 3.03. The Labute approximate surface area is 106 Å². The second-order valence-corrected chi connectivity index (χ2v) is 4.31. The number of likely N-dealkylation sites (N-methyl/N-ethyl adjacent to an activating group) is 1. The summed E-state index contributed by atoms with van der Waals surface area (Å²) < 4.78 is 0. The molecule has 0 amide bonds. The maximum atomic E-state index is 2.49. The molecule has 0 unspecified atom stereocenters. The fourth-order valence-corrected chi connectivity index (χ4v) is 2.04. The number of aryl methyl sites for hydroxylation is 1. The molecule has 17 heavy (non-hydrogen) atoms. The van der Waals surface area contributed by atoms with Crippen molar-refractivity contribution in [3.05, 3.63) is 29.8 Å². The summed E-state index contributed by atoms with van der Waals surface area (Å²) in [5, 5.41) is 0. The van der Waals surface area contributed by atoms with Gasteiger partial charge in [0.05, 0.1) is 0 Å². The van der Waals surface area contributed by atoms with Crippen LogP contribution >= 0.6 is 0 Å². The minimum atomic E-state index is 1.13. The van der Waals surface area contributed by atoms with Gasteiger partial charge in [-0.05, 0) is 31.2 Å². The maximum Gasteiger partial charge on any atom is 0.0369 e. The van der Waals surface area contributed by atoms with Gasteiger partial charge in [0.15, 0.2) is 0 Å². The average molecular weight is 234 g/mol. The highest BCUT2D eigenvalue weighted by Gasteiger charge is 2.13. The van der Waals surface area contributed by atoms with E-state index in [9.17, 15) is 0 Å². The van der Waals surface area contributed by atoms with Crippen molar-refractivity contribution < 1.29 is 0 Å². The van der Waals surface area contributed by atoms with Crippen molar-refractivity contribution in [2.45, 2.75) is 27.2 Å². The molecule has 1 aromatic carbocycles. The molecular weight excluding hydrogens is 208 g/mol. The van der Waals surface area contributed by atoms with E-state index in [0.29, 0.717) is 0 Å². The number of benzene rings is 1. The first-order chi connectivity index (χ1) is 8.29. The van der Waals surface area contributed by atoms with Crippen LogP contribution in [0.25, 0.3) is 0 Å². The fraction of sp³-hybridized carbons (Fsp3) is 0.600. The van der Waals surface area contributed by atoms with Crippen LogP contribution in [0.3, 0.4) is 0 Å². The van der Waals surface area contributed by atoms with E-state index in [4.69, 9.17) is 0 Å². The average Bonchev–Trinajstić information content (AvgIpc) is 2.42. The normalized spacial score (nSPS) is 16.4. The van der Waals surface area contributed by atoms with Crippen LogP contribution in [0.15, 0.2) is 24.3 Å². The Morgan fingerprint density at radius 2 is 1.71 bits per heavy atom. The van der Waals surface area contributed by atoms with Gasteiger partial charge >= 0.3 is 0 Å². The first kappa shape index (κ1) is 14.0. The summed E-state index contributed by atoms with van der Waals surface area (Å²) >= 11 is 0. The zero-order valence-electron chi connectivity index (χ0n) is 11.7. The van der Waals surface area contributed by atoms with Crippen molar-refractivity contribution in [3.63, 3.8) is 0 Å². The van der Waals surface area contributed by atoms with Gasteiger partial charge in [-0.2, -0.15) is 0 Å². The maximum absolute atomic E-state index is 2.49. The second kappa shape index (κ2) is 7.33. The molecule has 2 rings (SSSR count). The smallest absolute Gasteiger partial charge is 0.0369 e. The Kier molecular flexibility index (Phi) is 6.06. The Hall–Kier alpha value is -1.02. The van der Waals surface area contributed by atoms with Crippen molar-refractivity contribution in [1.82, 2.24) is 4.90 Å². The van der Waals surface area contributed by atoms with Crippen LogP contribution in [-0.4, -0.2) is 38.1 Å². The molecule has 1 fully saturated rings. The number of nitrogens with zero attached hydrogens (tertiary/aromatic N) is 2. The van der Waals surface area contributed by atoms with E-state index in [1.165, 1.54) is 24.3 Å². The summed E-state index contributed by atoms with van der Waals surface area (Å²) in [5.74, 6) is 0. The lowest BCUT2D eigenvalue weighted by Crippen LogP contribution is -2.44. The third kappa shape index (κ3) is 4.04. The van der Waals surface area contributed by atoms with Crippen molar-refractivity contribution >= 4 is 5.69 Å². The highest BCUT2D eigenvalue weighted by Crippen LogP contribution is 2.17. The topological polar surface area (TPSA) is 6.48 Å².